The lowest BCUT2D eigenvalue weighted by Gasteiger charge is -2.18. The minimum absolute atomic E-state index is 0.784. The Balaban J connectivity index is 1.79. The number of benzene rings is 1. The molecule has 1 aromatic carbocycles. The van der Waals surface area contributed by atoms with Gasteiger partial charge in [-0.2, -0.15) is 10.2 Å². The number of hydrogen-bond donors (Lipinski definition) is 0. The van der Waals surface area contributed by atoms with E-state index in [9.17, 15) is 0 Å². The van der Waals surface area contributed by atoms with Crippen molar-refractivity contribution in [3.8, 4) is 0 Å². The minimum Gasteiger partial charge on any atom is -0.188 e. The largest absolute Gasteiger partial charge is 0.188 e. The van der Waals surface area contributed by atoms with Crippen LogP contribution in [-0.2, 0) is 0 Å². The van der Waals surface area contributed by atoms with Crippen molar-refractivity contribution in [2.75, 3.05) is 6.54 Å². The van der Waals surface area contributed by atoms with Gasteiger partial charge in [-0.15, -0.1) is 0 Å². The summed E-state index contributed by atoms with van der Waals surface area (Å²) in [4.78, 5) is 0. The first-order valence-electron chi connectivity index (χ1n) is 5.88. The molecule has 0 aliphatic heterocycles. The van der Waals surface area contributed by atoms with Crippen molar-refractivity contribution in [1.29, 1.82) is 0 Å². The standard InChI is InChI=1S/C13H18N2/c1-3-7-12(8-4-1)11-14-15-13-9-5-2-6-10-13/h2,5-6,9-10,12H,1,3-4,7-8,11H2. The molecule has 1 aliphatic carbocycles. The van der Waals surface area contributed by atoms with Gasteiger partial charge in [-0.3, -0.25) is 0 Å². The van der Waals surface area contributed by atoms with Gasteiger partial charge in [0.2, 0.25) is 0 Å². The molecular formula is C13H18N2. The molecule has 2 rings (SSSR count). The molecule has 0 radical (unpaired) electrons. The number of rotatable bonds is 3. The lowest BCUT2D eigenvalue weighted by atomic mass is 9.89. The third-order valence-electron chi connectivity index (χ3n) is 3.01. The van der Waals surface area contributed by atoms with E-state index in [1.165, 1.54) is 32.1 Å². The van der Waals surface area contributed by atoms with Crippen LogP contribution in [0.3, 0.4) is 0 Å². The third kappa shape index (κ3) is 3.46. The minimum atomic E-state index is 0.784. The highest BCUT2D eigenvalue weighted by atomic mass is 15.1. The highest BCUT2D eigenvalue weighted by Crippen LogP contribution is 2.24. The van der Waals surface area contributed by atoms with Crippen LogP contribution in [0.4, 0.5) is 5.69 Å². The average Bonchev–Trinajstić information content (AvgIpc) is 2.32. The zero-order valence-electron chi connectivity index (χ0n) is 9.10. The normalized spacial score (nSPS) is 18.4. The molecule has 2 heteroatoms. The second-order valence-corrected chi connectivity index (χ2v) is 4.26. The molecule has 0 amide bonds. The van der Waals surface area contributed by atoms with Crippen molar-refractivity contribution >= 4 is 5.69 Å². The molecule has 1 saturated carbocycles. The molecule has 0 saturated heterocycles. The number of nitrogens with zero attached hydrogens (tertiary/aromatic N) is 2. The fraction of sp³-hybridized carbons (Fsp3) is 0.538. The maximum Gasteiger partial charge on any atom is 0.0852 e. The average molecular weight is 202 g/mol. The quantitative estimate of drug-likeness (QED) is 0.651. The highest BCUT2D eigenvalue weighted by Gasteiger charge is 2.12. The van der Waals surface area contributed by atoms with Crippen LogP contribution in [0, 0.1) is 5.92 Å². The molecule has 0 bridgehead atoms. The Bertz CT molecular complexity index is 300. The van der Waals surface area contributed by atoms with Crippen molar-refractivity contribution < 1.29 is 0 Å². The third-order valence-corrected chi connectivity index (χ3v) is 3.01. The first-order valence-corrected chi connectivity index (χ1v) is 5.88. The highest BCUT2D eigenvalue weighted by molar-refractivity contribution is 5.34. The van der Waals surface area contributed by atoms with Crippen LogP contribution in [-0.4, -0.2) is 6.54 Å². The Labute approximate surface area is 91.4 Å². The first kappa shape index (κ1) is 10.3. The van der Waals surface area contributed by atoms with Crippen molar-refractivity contribution in [1.82, 2.24) is 0 Å². The van der Waals surface area contributed by atoms with Crippen LogP contribution in [0.2, 0.25) is 0 Å². The molecule has 0 heterocycles. The van der Waals surface area contributed by atoms with Crippen LogP contribution in [0.25, 0.3) is 0 Å². The molecule has 1 aromatic rings. The molecule has 80 valence electrons. The smallest absolute Gasteiger partial charge is 0.0852 e. The predicted octanol–water partition coefficient (Wildman–Crippen LogP) is 4.35. The molecule has 1 fully saturated rings. The van der Waals surface area contributed by atoms with E-state index >= 15 is 0 Å². The molecule has 0 N–H and O–H groups in total. The van der Waals surface area contributed by atoms with E-state index in [2.05, 4.69) is 10.2 Å². The molecular weight excluding hydrogens is 184 g/mol. The van der Waals surface area contributed by atoms with Gasteiger partial charge < -0.3 is 0 Å². The summed E-state index contributed by atoms with van der Waals surface area (Å²) in [5, 5.41) is 8.52. The fourth-order valence-corrected chi connectivity index (χ4v) is 2.10. The Morgan fingerprint density at radius 2 is 1.73 bits per heavy atom. The van der Waals surface area contributed by atoms with Crippen molar-refractivity contribution in [2.45, 2.75) is 32.1 Å². The van der Waals surface area contributed by atoms with Gasteiger partial charge in [0.25, 0.3) is 0 Å². The van der Waals surface area contributed by atoms with Crippen LogP contribution in [0.1, 0.15) is 32.1 Å². The summed E-state index contributed by atoms with van der Waals surface area (Å²) in [5.74, 6) is 0.784. The molecule has 0 aromatic heterocycles. The van der Waals surface area contributed by atoms with E-state index in [1.807, 2.05) is 30.3 Å². The SMILES string of the molecule is c1ccc(N=NCC2CCCCC2)cc1. The summed E-state index contributed by atoms with van der Waals surface area (Å²) in [6.07, 6.45) is 6.85. The topological polar surface area (TPSA) is 24.7 Å². The molecule has 15 heavy (non-hydrogen) atoms. The summed E-state index contributed by atoms with van der Waals surface area (Å²) >= 11 is 0. The van der Waals surface area contributed by atoms with E-state index in [1.54, 1.807) is 0 Å². The number of hydrogen-bond acceptors (Lipinski definition) is 2. The van der Waals surface area contributed by atoms with Gasteiger partial charge in [0, 0.05) is 0 Å². The van der Waals surface area contributed by atoms with Gasteiger partial charge >= 0.3 is 0 Å². The summed E-state index contributed by atoms with van der Waals surface area (Å²) in [6, 6.07) is 9.97. The molecule has 0 spiro atoms. The van der Waals surface area contributed by atoms with Crippen LogP contribution in [0.15, 0.2) is 40.6 Å². The lowest BCUT2D eigenvalue weighted by molar-refractivity contribution is 0.363. The van der Waals surface area contributed by atoms with Gasteiger partial charge in [0.15, 0.2) is 0 Å². The van der Waals surface area contributed by atoms with Gasteiger partial charge in [-0.05, 0) is 30.9 Å². The van der Waals surface area contributed by atoms with Gasteiger partial charge in [0.05, 0.1) is 12.2 Å². The molecule has 2 nitrogen and oxygen atoms in total. The summed E-state index contributed by atoms with van der Waals surface area (Å²) < 4.78 is 0. The molecule has 0 unspecified atom stereocenters. The van der Waals surface area contributed by atoms with Crippen LogP contribution >= 0.6 is 0 Å². The van der Waals surface area contributed by atoms with E-state index < -0.39 is 0 Å². The van der Waals surface area contributed by atoms with E-state index in [0.29, 0.717) is 0 Å². The Hall–Kier alpha value is -1.18. The van der Waals surface area contributed by atoms with Crippen LogP contribution < -0.4 is 0 Å². The first-order chi connectivity index (χ1) is 7.45. The van der Waals surface area contributed by atoms with Crippen molar-refractivity contribution in [3.05, 3.63) is 30.3 Å². The number of azo groups is 1. The summed E-state index contributed by atoms with van der Waals surface area (Å²) in [6.45, 7) is 0.912. The Morgan fingerprint density at radius 1 is 1.00 bits per heavy atom. The lowest BCUT2D eigenvalue weighted by Crippen LogP contribution is -2.08. The van der Waals surface area contributed by atoms with Crippen LogP contribution in [0.5, 0.6) is 0 Å². The van der Waals surface area contributed by atoms with Gasteiger partial charge in [0.1, 0.15) is 0 Å². The molecule has 0 atom stereocenters. The second-order valence-electron chi connectivity index (χ2n) is 4.26. The summed E-state index contributed by atoms with van der Waals surface area (Å²) in [5.41, 5.74) is 0.966. The maximum atomic E-state index is 4.29. The Morgan fingerprint density at radius 3 is 2.47 bits per heavy atom. The second kappa shape index (κ2) is 5.64. The monoisotopic (exact) mass is 202 g/mol. The van der Waals surface area contributed by atoms with Gasteiger partial charge in [-0.25, -0.2) is 0 Å². The van der Waals surface area contributed by atoms with Crippen molar-refractivity contribution in [2.24, 2.45) is 16.1 Å². The maximum absolute atomic E-state index is 4.29. The molecule has 1 aliphatic rings. The van der Waals surface area contributed by atoms with E-state index in [-0.39, 0.29) is 0 Å². The summed E-state index contributed by atoms with van der Waals surface area (Å²) in [7, 11) is 0. The van der Waals surface area contributed by atoms with E-state index in [4.69, 9.17) is 0 Å². The van der Waals surface area contributed by atoms with Gasteiger partial charge in [-0.1, -0.05) is 37.5 Å². The zero-order valence-corrected chi connectivity index (χ0v) is 9.10. The predicted molar refractivity (Wildman–Crippen MR) is 62.4 cm³/mol. The van der Waals surface area contributed by atoms with E-state index in [0.717, 1.165) is 18.2 Å². The fourth-order valence-electron chi connectivity index (χ4n) is 2.10. The Kier molecular flexibility index (Phi) is 3.89. The zero-order chi connectivity index (χ0) is 10.3. The van der Waals surface area contributed by atoms with Crippen molar-refractivity contribution in [3.63, 3.8) is 0 Å².